The van der Waals surface area contributed by atoms with E-state index in [-0.39, 0.29) is 0 Å². The molecular formula is C13H25N3O. The summed E-state index contributed by atoms with van der Waals surface area (Å²) in [6.45, 7) is 9.89. The molecule has 0 bridgehead atoms. The van der Waals surface area contributed by atoms with E-state index >= 15 is 0 Å². The summed E-state index contributed by atoms with van der Waals surface area (Å²) >= 11 is 0. The average Bonchev–Trinajstić information content (AvgIpc) is 2.78. The van der Waals surface area contributed by atoms with E-state index in [0.29, 0.717) is 24.4 Å². The molecule has 0 aliphatic carbocycles. The fraction of sp³-hybridized carbons (Fsp3) is 0.923. The molecule has 1 amide bonds. The molecule has 2 aliphatic heterocycles. The Kier molecular flexibility index (Phi) is 4.40. The molecule has 2 fully saturated rings. The predicted octanol–water partition coefficient (Wildman–Crippen LogP) is 0.539. The molecular weight excluding hydrogens is 214 g/mol. The Morgan fingerprint density at radius 2 is 2.00 bits per heavy atom. The number of nitrogens with zero attached hydrogens (tertiary/aromatic N) is 2. The van der Waals surface area contributed by atoms with Crippen LogP contribution in [0.15, 0.2) is 0 Å². The van der Waals surface area contributed by atoms with Gasteiger partial charge in [0.05, 0.1) is 6.54 Å². The summed E-state index contributed by atoms with van der Waals surface area (Å²) in [5, 5.41) is 3.28. The van der Waals surface area contributed by atoms with Crippen LogP contribution in [0.5, 0.6) is 0 Å². The molecule has 0 aromatic rings. The quantitative estimate of drug-likeness (QED) is 0.781. The van der Waals surface area contributed by atoms with Gasteiger partial charge in [0, 0.05) is 32.2 Å². The summed E-state index contributed by atoms with van der Waals surface area (Å²) in [4.78, 5) is 16.6. The third-order valence-corrected chi connectivity index (χ3v) is 3.99. The molecule has 1 N–H and O–H groups in total. The lowest BCUT2D eigenvalue weighted by molar-refractivity contribution is -0.133. The maximum Gasteiger partial charge on any atom is 0.236 e. The minimum atomic E-state index is 0.319. The number of hydrogen-bond acceptors (Lipinski definition) is 3. The van der Waals surface area contributed by atoms with Crippen molar-refractivity contribution in [2.24, 2.45) is 5.92 Å². The Hall–Kier alpha value is -0.610. The van der Waals surface area contributed by atoms with Gasteiger partial charge in [-0.2, -0.15) is 0 Å². The van der Waals surface area contributed by atoms with Gasteiger partial charge in [0.1, 0.15) is 0 Å². The Balaban J connectivity index is 1.84. The molecule has 17 heavy (non-hydrogen) atoms. The predicted molar refractivity (Wildman–Crippen MR) is 68.9 cm³/mol. The first-order valence-corrected chi connectivity index (χ1v) is 6.91. The van der Waals surface area contributed by atoms with E-state index in [4.69, 9.17) is 0 Å². The van der Waals surface area contributed by atoms with Gasteiger partial charge in [-0.15, -0.1) is 0 Å². The second-order valence-corrected chi connectivity index (χ2v) is 5.55. The Morgan fingerprint density at radius 1 is 1.29 bits per heavy atom. The highest BCUT2D eigenvalue weighted by atomic mass is 16.2. The number of likely N-dealkylation sites (tertiary alicyclic amines) is 1. The van der Waals surface area contributed by atoms with E-state index in [1.54, 1.807) is 0 Å². The first-order valence-electron chi connectivity index (χ1n) is 6.91. The van der Waals surface area contributed by atoms with E-state index in [1.807, 2.05) is 4.90 Å². The Labute approximate surface area is 104 Å². The third-order valence-electron chi connectivity index (χ3n) is 3.99. The Morgan fingerprint density at radius 3 is 2.65 bits per heavy atom. The molecule has 4 nitrogen and oxygen atoms in total. The second kappa shape index (κ2) is 5.83. The van der Waals surface area contributed by atoms with E-state index in [2.05, 4.69) is 24.1 Å². The van der Waals surface area contributed by atoms with E-state index in [1.165, 1.54) is 12.8 Å². The van der Waals surface area contributed by atoms with Crippen molar-refractivity contribution < 1.29 is 4.79 Å². The van der Waals surface area contributed by atoms with Crippen LogP contribution in [0.25, 0.3) is 0 Å². The highest BCUT2D eigenvalue weighted by molar-refractivity contribution is 5.78. The van der Waals surface area contributed by atoms with Gasteiger partial charge < -0.3 is 10.2 Å². The van der Waals surface area contributed by atoms with E-state index < -0.39 is 0 Å². The number of carbonyl (C=O) groups excluding carboxylic acids is 1. The fourth-order valence-electron chi connectivity index (χ4n) is 2.99. The summed E-state index contributed by atoms with van der Waals surface area (Å²) < 4.78 is 0. The number of amides is 1. The summed E-state index contributed by atoms with van der Waals surface area (Å²) in [6.07, 6.45) is 2.50. The number of piperazine rings is 1. The van der Waals surface area contributed by atoms with Crippen molar-refractivity contribution >= 4 is 5.91 Å². The van der Waals surface area contributed by atoms with Gasteiger partial charge in [-0.25, -0.2) is 0 Å². The van der Waals surface area contributed by atoms with Crippen molar-refractivity contribution in [1.29, 1.82) is 0 Å². The largest absolute Gasteiger partial charge is 0.339 e. The lowest BCUT2D eigenvalue weighted by Crippen LogP contribution is -2.50. The van der Waals surface area contributed by atoms with Crippen LogP contribution < -0.4 is 5.32 Å². The lowest BCUT2D eigenvalue weighted by Gasteiger charge is -2.32. The van der Waals surface area contributed by atoms with Crippen LogP contribution in [0.3, 0.4) is 0 Å². The molecule has 4 heteroatoms. The summed E-state index contributed by atoms with van der Waals surface area (Å²) in [5.74, 6) is 0.979. The van der Waals surface area contributed by atoms with Crippen molar-refractivity contribution in [3.63, 3.8) is 0 Å². The van der Waals surface area contributed by atoms with Crippen LogP contribution in [0.4, 0.5) is 0 Å². The van der Waals surface area contributed by atoms with Gasteiger partial charge in [0.2, 0.25) is 5.91 Å². The minimum absolute atomic E-state index is 0.319. The SMILES string of the molecule is CC(C)C1CCCN1CC(=O)N1CCNCC1. The van der Waals surface area contributed by atoms with Gasteiger partial charge in [-0.3, -0.25) is 9.69 Å². The maximum atomic E-state index is 12.2. The van der Waals surface area contributed by atoms with Crippen molar-refractivity contribution in [2.75, 3.05) is 39.3 Å². The first-order chi connectivity index (χ1) is 8.18. The zero-order valence-electron chi connectivity index (χ0n) is 11.1. The molecule has 0 aromatic heterocycles. The summed E-state index contributed by atoms with van der Waals surface area (Å²) in [6, 6.07) is 0.613. The van der Waals surface area contributed by atoms with Crippen LogP contribution in [0, 0.1) is 5.92 Å². The minimum Gasteiger partial charge on any atom is -0.339 e. The second-order valence-electron chi connectivity index (χ2n) is 5.55. The molecule has 2 aliphatic rings. The summed E-state index contributed by atoms with van der Waals surface area (Å²) in [5.41, 5.74) is 0. The molecule has 1 unspecified atom stereocenters. The van der Waals surface area contributed by atoms with Crippen LogP contribution in [-0.4, -0.2) is 61.0 Å². The van der Waals surface area contributed by atoms with Crippen LogP contribution in [0.1, 0.15) is 26.7 Å². The maximum absolute atomic E-state index is 12.2. The molecule has 98 valence electrons. The molecule has 0 aromatic carbocycles. The fourth-order valence-corrected chi connectivity index (χ4v) is 2.99. The van der Waals surface area contributed by atoms with Gasteiger partial charge in [-0.1, -0.05) is 13.8 Å². The van der Waals surface area contributed by atoms with Gasteiger partial charge in [0.25, 0.3) is 0 Å². The number of rotatable bonds is 3. The van der Waals surface area contributed by atoms with Crippen LogP contribution >= 0.6 is 0 Å². The molecule has 2 heterocycles. The lowest BCUT2D eigenvalue weighted by atomic mass is 10.0. The number of hydrogen-bond donors (Lipinski definition) is 1. The van der Waals surface area contributed by atoms with Crippen molar-refractivity contribution in [1.82, 2.24) is 15.1 Å². The van der Waals surface area contributed by atoms with Crippen molar-refractivity contribution in [3.8, 4) is 0 Å². The summed E-state index contributed by atoms with van der Waals surface area (Å²) in [7, 11) is 0. The molecule has 1 atom stereocenters. The number of carbonyl (C=O) groups is 1. The molecule has 0 saturated carbocycles. The van der Waals surface area contributed by atoms with E-state index in [9.17, 15) is 4.79 Å². The third kappa shape index (κ3) is 3.19. The van der Waals surface area contributed by atoms with Crippen LogP contribution in [0.2, 0.25) is 0 Å². The highest BCUT2D eigenvalue weighted by Crippen LogP contribution is 2.23. The first kappa shape index (κ1) is 12.8. The van der Waals surface area contributed by atoms with Crippen molar-refractivity contribution in [2.45, 2.75) is 32.7 Å². The normalized spacial score (nSPS) is 26.8. The zero-order chi connectivity index (χ0) is 12.3. The molecule has 0 radical (unpaired) electrons. The average molecular weight is 239 g/mol. The van der Waals surface area contributed by atoms with Crippen molar-refractivity contribution in [3.05, 3.63) is 0 Å². The molecule has 2 saturated heterocycles. The zero-order valence-corrected chi connectivity index (χ0v) is 11.1. The standard InChI is InChI=1S/C13H25N3O/c1-11(2)12-4-3-7-16(12)10-13(17)15-8-5-14-6-9-15/h11-12,14H,3-10H2,1-2H3. The van der Waals surface area contributed by atoms with Gasteiger partial charge in [0.15, 0.2) is 0 Å². The molecule has 2 rings (SSSR count). The van der Waals surface area contributed by atoms with Gasteiger partial charge >= 0.3 is 0 Å². The smallest absolute Gasteiger partial charge is 0.236 e. The Bertz CT molecular complexity index is 261. The monoisotopic (exact) mass is 239 g/mol. The topological polar surface area (TPSA) is 35.6 Å². The highest BCUT2D eigenvalue weighted by Gasteiger charge is 2.29. The van der Waals surface area contributed by atoms with Gasteiger partial charge in [-0.05, 0) is 25.3 Å². The van der Waals surface area contributed by atoms with E-state index in [0.717, 1.165) is 32.7 Å². The number of nitrogens with one attached hydrogen (secondary N) is 1. The van der Waals surface area contributed by atoms with Crippen LogP contribution in [-0.2, 0) is 4.79 Å². The molecule has 0 spiro atoms.